The van der Waals surface area contributed by atoms with Crippen LogP contribution in [0, 0.1) is 0 Å². The van der Waals surface area contributed by atoms with E-state index in [0.717, 1.165) is 18.5 Å². The van der Waals surface area contributed by atoms with E-state index in [-0.39, 0.29) is 12.1 Å². The topological polar surface area (TPSA) is 54.0 Å². The summed E-state index contributed by atoms with van der Waals surface area (Å²) in [5.41, 5.74) is 5.08. The summed E-state index contributed by atoms with van der Waals surface area (Å²) in [4.78, 5) is 16.3. The van der Waals surface area contributed by atoms with E-state index < -0.39 is 0 Å². The Kier molecular flexibility index (Phi) is 5.47. The fourth-order valence-electron chi connectivity index (χ4n) is 3.20. The normalized spacial score (nSPS) is 14.5. The lowest BCUT2D eigenvalue weighted by molar-refractivity contribution is 0.238. The third kappa shape index (κ3) is 4.34. The number of aromatic nitrogens is 1. The molecule has 3 rings (SSSR count). The Morgan fingerprint density at radius 3 is 2.79 bits per heavy atom. The van der Waals surface area contributed by atoms with Gasteiger partial charge in [0.1, 0.15) is 0 Å². The molecule has 0 aliphatic heterocycles. The van der Waals surface area contributed by atoms with E-state index in [4.69, 9.17) is 0 Å². The van der Waals surface area contributed by atoms with Crippen molar-refractivity contribution in [3.63, 3.8) is 0 Å². The maximum Gasteiger partial charge on any atom is 0.315 e. The molecule has 24 heavy (non-hydrogen) atoms. The Labute approximate surface area is 143 Å². The summed E-state index contributed by atoms with van der Waals surface area (Å²) in [5.74, 6) is 0. The molecule has 0 bridgehead atoms. The number of carbonyl (C=O) groups excluding carboxylic acids is 1. The lowest BCUT2D eigenvalue weighted by Gasteiger charge is -2.20. The minimum atomic E-state index is -0.129. The summed E-state index contributed by atoms with van der Waals surface area (Å²) >= 11 is 0. The number of aryl methyl sites for hydroxylation is 2. The molecule has 2 aromatic rings. The molecule has 1 unspecified atom stereocenters. The highest BCUT2D eigenvalue weighted by atomic mass is 16.2. The van der Waals surface area contributed by atoms with Gasteiger partial charge in [-0.25, -0.2) is 4.79 Å². The minimum absolute atomic E-state index is 0.00655. The lowest BCUT2D eigenvalue weighted by atomic mass is 9.89. The predicted molar refractivity (Wildman–Crippen MR) is 96.0 cm³/mol. The van der Waals surface area contributed by atoms with Crippen LogP contribution in [0.25, 0.3) is 0 Å². The molecule has 1 aliphatic rings. The Bertz CT molecular complexity index is 685. The van der Waals surface area contributed by atoms with Gasteiger partial charge in [0.15, 0.2) is 0 Å². The fourth-order valence-corrected chi connectivity index (χ4v) is 3.20. The average Bonchev–Trinajstić information content (AvgIpc) is 2.62. The van der Waals surface area contributed by atoms with E-state index >= 15 is 0 Å². The smallest absolute Gasteiger partial charge is 0.315 e. The molecule has 0 saturated heterocycles. The first-order valence-electron chi connectivity index (χ1n) is 8.78. The number of pyridine rings is 1. The van der Waals surface area contributed by atoms with E-state index in [2.05, 4.69) is 33.8 Å². The molecule has 1 aromatic carbocycles. The molecular formula is C20H25N3O. The van der Waals surface area contributed by atoms with Crippen LogP contribution >= 0.6 is 0 Å². The number of hydrogen-bond donors (Lipinski definition) is 2. The van der Waals surface area contributed by atoms with E-state index in [0.29, 0.717) is 6.54 Å². The second kappa shape index (κ2) is 7.95. The van der Waals surface area contributed by atoms with Gasteiger partial charge in [0.25, 0.3) is 0 Å². The lowest BCUT2D eigenvalue weighted by Crippen LogP contribution is -2.38. The third-order valence-corrected chi connectivity index (χ3v) is 4.61. The SMILES string of the molecule is CC(NC(=O)NCCc1ccccn1)c1ccc2c(c1)CCCC2. The van der Waals surface area contributed by atoms with Crippen LogP contribution in [0.4, 0.5) is 4.79 Å². The van der Waals surface area contributed by atoms with Crippen molar-refractivity contribution < 1.29 is 4.79 Å². The van der Waals surface area contributed by atoms with Gasteiger partial charge in [-0.05, 0) is 61.4 Å². The fraction of sp³-hybridized carbons (Fsp3) is 0.400. The van der Waals surface area contributed by atoms with Crippen LogP contribution < -0.4 is 10.6 Å². The Balaban J connectivity index is 1.49. The van der Waals surface area contributed by atoms with Gasteiger partial charge in [0.2, 0.25) is 0 Å². The minimum Gasteiger partial charge on any atom is -0.338 e. The van der Waals surface area contributed by atoms with Gasteiger partial charge < -0.3 is 10.6 Å². The van der Waals surface area contributed by atoms with Gasteiger partial charge in [-0.2, -0.15) is 0 Å². The quantitative estimate of drug-likeness (QED) is 0.884. The number of nitrogens with zero attached hydrogens (tertiary/aromatic N) is 1. The second-order valence-electron chi connectivity index (χ2n) is 6.43. The molecule has 0 saturated carbocycles. The molecule has 4 heteroatoms. The third-order valence-electron chi connectivity index (χ3n) is 4.61. The van der Waals surface area contributed by atoms with Crippen LogP contribution in [0.15, 0.2) is 42.6 Å². The first-order valence-corrected chi connectivity index (χ1v) is 8.78. The number of rotatable bonds is 5. The summed E-state index contributed by atoms with van der Waals surface area (Å²) in [7, 11) is 0. The number of carbonyl (C=O) groups is 1. The molecule has 2 N–H and O–H groups in total. The molecule has 1 atom stereocenters. The molecule has 2 amide bonds. The van der Waals surface area contributed by atoms with Crippen molar-refractivity contribution in [2.24, 2.45) is 0 Å². The van der Waals surface area contributed by atoms with Gasteiger partial charge in [0, 0.05) is 24.9 Å². The van der Waals surface area contributed by atoms with Crippen molar-refractivity contribution in [2.75, 3.05) is 6.54 Å². The Morgan fingerprint density at radius 1 is 1.17 bits per heavy atom. The summed E-state index contributed by atoms with van der Waals surface area (Å²) in [6.07, 6.45) is 7.41. The number of amides is 2. The van der Waals surface area contributed by atoms with Crippen molar-refractivity contribution in [3.8, 4) is 0 Å². The summed E-state index contributed by atoms with van der Waals surface area (Å²) in [6.45, 7) is 2.61. The average molecular weight is 323 g/mol. The zero-order valence-electron chi connectivity index (χ0n) is 14.2. The van der Waals surface area contributed by atoms with Crippen molar-refractivity contribution in [3.05, 3.63) is 65.0 Å². The predicted octanol–water partition coefficient (Wildman–Crippen LogP) is 3.56. The van der Waals surface area contributed by atoms with Crippen LogP contribution in [0.2, 0.25) is 0 Å². The van der Waals surface area contributed by atoms with Crippen molar-refractivity contribution in [2.45, 2.75) is 45.1 Å². The van der Waals surface area contributed by atoms with Crippen LogP contribution in [0.5, 0.6) is 0 Å². The van der Waals surface area contributed by atoms with Gasteiger partial charge in [-0.3, -0.25) is 4.98 Å². The monoisotopic (exact) mass is 323 g/mol. The molecule has 126 valence electrons. The van der Waals surface area contributed by atoms with Gasteiger partial charge >= 0.3 is 6.03 Å². The highest BCUT2D eigenvalue weighted by Gasteiger charge is 2.13. The first-order chi connectivity index (χ1) is 11.7. The number of urea groups is 1. The molecule has 1 aliphatic carbocycles. The largest absolute Gasteiger partial charge is 0.338 e. The maximum atomic E-state index is 12.1. The Hall–Kier alpha value is -2.36. The molecular weight excluding hydrogens is 298 g/mol. The summed E-state index contributed by atoms with van der Waals surface area (Å²) in [6, 6.07) is 12.3. The van der Waals surface area contributed by atoms with Crippen molar-refractivity contribution in [1.29, 1.82) is 0 Å². The maximum absolute atomic E-state index is 12.1. The number of hydrogen-bond acceptors (Lipinski definition) is 2. The van der Waals surface area contributed by atoms with Crippen LogP contribution in [0.1, 0.15) is 48.2 Å². The van der Waals surface area contributed by atoms with E-state index in [1.54, 1.807) is 6.20 Å². The first kappa shape index (κ1) is 16.5. The van der Waals surface area contributed by atoms with Gasteiger partial charge in [-0.15, -0.1) is 0 Å². The summed E-state index contributed by atoms with van der Waals surface area (Å²) in [5, 5.41) is 5.92. The van der Waals surface area contributed by atoms with Crippen LogP contribution in [0.3, 0.4) is 0 Å². The molecule has 1 aromatic heterocycles. The highest BCUT2D eigenvalue weighted by Crippen LogP contribution is 2.24. The zero-order chi connectivity index (χ0) is 16.8. The summed E-state index contributed by atoms with van der Waals surface area (Å²) < 4.78 is 0. The van der Waals surface area contributed by atoms with Gasteiger partial charge in [-0.1, -0.05) is 24.3 Å². The van der Waals surface area contributed by atoms with E-state index in [9.17, 15) is 4.79 Å². The highest BCUT2D eigenvalue weighted by molar-refractivity contribution is 5.74. The van der Waals surface area contributed by atoms with Crippen molar-refractivity contribution in [1.82, 2.24) is 15.6 Å². The number of benzene rings is 1. The van der Waals surface area contributed by atoms with Gasteiger partial charge in [0.05, 0.1) is 6.04 Å². The second-order valence-corrected chi connectivity index (χ2v) is 6.43. The Morgan fingerprint density at radius 2 is 2.00 bits per heavy atom. The molecule has 0 radical (unpaired) electrons. The number of fused-ring (bicyclic) bond motifs is 1. The van der Waals surface area contributed by atoms with E-state index in [1.165, 1.54) is 36.0 Å². The molecule has 0 spiro atoms. The van der Waals surface area contributed by atoms with Crippen LogP contribution in [-0.2, 0) is 19.3 Å². The van der Waals surface area contributed by atoms with Crippen molar-refractivity contribution >= 4 is 6.03 Å². The zero-order valence-corrected chi connectivity index (χ0v) is 14.2. The standard InChI is InChI=1S/C20H25N3O/c1-15(17-10-9-16-6-2-3-7-18(16)14-17)23-20(24)22-13-11-19-8-4-5-12-21-19/h4-5,8-10,12,14-15H,2-3,6-7,11,13H2,1H3,(H2,22,23,24). The van der Waals surface area contributed by atoms with E-state index in [1.807, 2.05) is 25.1 Å². The number of nitrogens with one attached hydrogen (secondary N) is 2. The molecule has 1 heterocycles. The molecule has 4 nitrogen and oxygen atoms in total. The van der Waals surface area contributed by atoms with Crippen LogP contribution in [-0.4, -0.2) is 17.6 Å². The molecule has 0 fully saturated rings.